The summed E-state index contributed by atoms with van der Waals surface area (Å²) in [5.41, 5.74) is 5.21. The SMILES string of the molecule is CCC1(N)CCCC1(O)CC. The molecule has 1 fully saturated rings. The first-order chi connectivity index (χ1) is 5.08. The van der Waals surface area contributed by atoms with Crippen LogP contribution in [0, 0.1) is 0 Å². The van der Waals surface area contributed by atoms with Gasteiger partial charge >= 0.3 is 0 Å². The largest absolute Gasteiger partial charge is 0.388 e. The van der Waals surface area contributed by atoms with Gasteiger partial charge in [0.15, 0.2) is 0 Å². The lowest BCUT2D eigenvalue weighted by Gasteiger charge is -2.38. The molecule has 0 aromatic heterocycles. The topological polar surface area (TPSA) is 46.2 Å². The number of aliphatic hydroxyl groups is 1. The quantitative estimate of drug-likeness (QED) is 0.636. The molecule has 1 aliphatic carbocycles. The van der Waals surface area contributed by atoms with Crippen molar-refractivity contribution < 1.29 is 5.11 Å². The Morgan fingerprint density at radius 2 is 1.91 bits per heavy atom. The van der Waals surface area contributed by atoms with E-state index in [1.807, 2.05) is 6.92 Å². The molecule has 1 saturated carbocycles. The molecule has 0 heterocycles. The van der Waals surface area contributed by atoms with Gasteiger partial charge in [0.2, 0.25) is 0 Å². The van der Waals surface area contributed by atoms with Gasteiger partial charge in [0.05, 0.1) is 5.60 Å². The van der Waals surface area contributed by atoms with Crippen molar-refractivity contribution in [1.82, 2.24) is 0 Å². The van der Waals surface area contributed by atoms with Crippen molar-refractivity contribution in [3.05, 3.63) is 0 Å². The Balaban J connectivity index is 2.79. The van der Waals surface area contributed by atoms with E-state index in [4.69, 9.17) is 5.73 Å². The molecule has 0 radical (unpaired) electrons. The minimum Gasteiger partial charge on any atom is -0.388 e. The standard InChI is InChI=1S/C9H19NO/c1-3-8(10)6-5-7-9(8,11)4-2/h11H,3-7,10H2,1-2H3. The van der Waals surface area contributed by atoms with E-state index in [1.165, 1.54) is 0 Å². The number of rotatable bonds is 2. The molecule has 0 aliphatic heterocycles. The Kier molecular flexibility index (Phi) is 2.26. The van der Waals surface area contributed by atoms with Crippen LogP contribution >= 0.6 is 0 Å². The molecule has 0 aromatic rings. The van der Waals surface area contributed by atoms with E-state index in [9.17, 15) is 5.11 Å². The molecule has 2 unspecified atom stereocenters. The first-order valence-corrected chi connectivity index (χ1v) is 4.59. The zero-order chi connectivity index (χ0) is 8.54. The van der Waals surface area contributed by atoms with E-state index >= 15 is 0 Å². The molecule has 2 atom stereocenters. The van der Waals surface area contributed by atoms with Crippen LogP contribution in [0.1, 0.15) is 46.0 Å². The lowest BCUT2D eigenvalue weighted by Crippen LogP contribution is -2.55. The van der Waals surface area contributed by atoms with Gasteiger partial charge in [0, 0.05) is 5.54 Å². The van der Waals surface area contributed by atoms with Gasteiger partial charge in [-0.15, -0.1) is 0 Å². The Hall–Kier alpha value is -0.0800. The Morgan fingerprint density at radius 3 is 2.27 bits per heavy atom. The molecule has 3 N–H and O–H groups in total. The minimum atomic E-state index is -0.582. The molecule has 66 valence electrons. The van der Waals surface area contributed by atoms with Crippen LogP contribution in [-0.2, 0) is 0 Å². The van der Waals surface area contributed by atoms with Gasteiger partial charge < -0.3 is 10.8 Å². The van der Waals surface area contributed by atoms with Crippen LogP contribution in [0.15, 0.2) is 0 Å². The van der Waals surface area contributed by atoms with Crippen LogP contribution in [0.2, 0.25) is 0 Å². The summed E-state index contributed by atoms with van der Waals surface area (Å²) in [5.74, 6) is 0. The van der Waals surface area contributed by atoms with Crippen molar-refractivity contribution in [3.63, 3.8) is 0 Å². The second-order valence-corrected chi connectivity index (χ2v) is 3.75. The lowest BCUT2D eigenvalue weighted by molar-refractivity contribution is -0.0193. The maximum absolute atomic E-state index is 10.1. The van der Waals surface area contributed by atoms with E-state index in [0.717, 1.165) is 32.1 Å². The van der Waals surface area contributed by atoms with E-state index in [0.29, 0.717) is 0 Å². The van der Waals surface area contributed by atoms with Crippen LogP contribution in [-0.4, -0.2) is 16.2 Å². The van der Waals surface area contributed by atoms with E-state index in [-0.39, 0.29) is 5.54 Å². The fraction of sp³-hybridized carbons (Fsp3) is 1.00. The summed E-state index contributed by atoms with van der Waals surface area (Å²) in [6.45, 7) is 4.08. The van der Waals surface area contributed by atoms with Crippen LogP contribution in [0.25, 0.3) is 0 Å². The zero-order valence-corrected chi connectivity index (χ0v) is 7.56. The van der Waals surface area contributed by atoms with Gasteiger partial charge in [-0.25, -0.2) is 0 Å². The van der Waals surface area contributed by atoms with Crippen LogP contribution in [0.3, 0.4) is 0 Å². The van der Waals surface area contributed by atoms with Crippen molar-refractivity contribution in [2.75, 3.05) is 0 Å². The third kappa shape index (κ3) is 1.18. The van der Waals surface area contributed by atoms with Crippen molar-refractivity contribution >= 4 is 0 Å². The highest BCUT2D eigenvalue weighted by molar-refractivity contribution is 5.06. The summed E-state index contributed by atoms with van der Waals surface area (Å²) in [6.07, 6.45) is 4.62. The second kappa shape index (κ2) is 2.76. The van der Waals surface area contributed by atoms with Crippen molar-refractivity contribution in [2.24, 2.45) is 5.73 Å². The minimum absolute atomic E-state index is 0.304. The molecule has 0 amide bonds. The van der Waals surface area contributed by atoms with Gasteiger partial charge in [-0.2, -0.15) is 0 Å². The summed E-state index contributed by atoms with van der Waals surface area (Å²) in [4.78, 5) is 0. The average molecular weight is 157 g/mol. The van der Waals surface area contributed by atoms with Crippen molar-refractivity contribution in [3.8, 4) is 0 Å². The molecule has 0 saturated heterocycles. The Labute approximate surface area is 68.8 Å². The normalized spacial score (nSPS) is 44.7. The summed E-state index contributed by atoms with van der Waals surface area (Å²) < 4.78 is 0. The van der Waals surface area contributed by atoms with Crippen LogP contribution in [0.5, 0.6) is 0 Å². The van der Waals surface area contributed by atoms with Crippen molar-refractivity contribution in [1.29, 1.82) is 0 Å². The maximum Gasteiger partial charge on any atom is 0.0823 e. The average Bonchev–Trinajstić information content (AvgIpc) is 2.31. The Bertz CT molecular complexity index is 132. The predicted octanol–water partition coefficient (Wildman–Crippen LogP) is 1.42. The highest BCUT2D eigenvalue weighted by Gasteiger charge is 2.48. The summed E-state index contributed by atoms with van der Waals surface area (Å²) in [7, 11) is 0. The van der Waals surface area contributed by atoms with Crippen molar-refractivity contribution in [2.45, 2.75) is 57.1 Å². The highest BCUT2D eigenvalue weighted by atomic mass is 16.3. The molecule has 0 spiro atoms. The summed E-state index contributed by atoms with van der Waals surface area (Å²) in [5, 5.41) is 10.1. The molecule has 2 nitrogen and oxygen atoms in total. The monoisotopic (exact) mass is 157 g/mol. The van der Waals surface area contributed by atoms with E-state index in [1.54, 1.807) is 0 Å². The van der Waals surface area contributed by atoms with Gasteiger partial charge in [-0.3, -0.25) is 0 Å². The molecule has 1 rings (SSSR count). The van der Waals surface area contributed by atoms with Gasteiger partial charge in [-0.1, -0.05) is 13.8 Å². The third-order valence-corrected chi connectivity index (χ3v) is 3.36. The molecule has 0 bridgehead atoms. The molecular weight excluding hydrogens is 138 g/mol. The number of nitrogens with two attached hydrogens (primary N) is 1. The van der Waals surface area contributed by atoms with E-state index in [2.05, 4.69) is 6.92 Å². The van der Waals surface area contributed by atoms with E-state index < -0.39 is 5.60 Å². The third-order valence-electron chi connectivity index (χ3n) is 3.36. The zero-order valence-electron chi connectivity index (χ0n) is 7.56. The van der Waals surface area contributed by atoms with Gasteiger partial charge in [-0.05, 0) is 32.1 Å². The van der Waals surface area contributed by atoms with Gasteiger partial charge in [0.25, 0.3) is 0 Å². The molecule has 0 aromatic carbocycles. The lowest BCUT2D eigenvalue weighted by atomic mass is 9.80. The summed E-state index contributed by atoms with van der Waals surface area (Å²) in [6, 6.07) is 0. The molecule has 11 heavy (non-hydrogen) atoms. The predicted molar refractivity (Wildman–Crippen MR) is 46.3 cm³/mol. The smallest absolute Gasteiger partial charge is 0.0823 e. The Morgan fingerprint density at radius 1 is 1.27 bits per heavy atom. The first-order valence-electron chi connectivity index (χ1n) is 4.59. The second-order valence-electron chi connectivity index (χ2n) is 3.75. The fourth-order valence-electron chi connectivity index (χ4n) is 2.21. The first kappa shape index (κ1) is 9.01. The fourth-order valence-corrected chi connectivity index (χ4v) is 2.21. The van der Waals surface area contributed by atoms with Gasteiger partial charge in [0.1, 0.15) is 0 Å². The number of hydrogen-bond donors (Lipinski definition) is 2. The summed E-state index contributed by atoms with van der Waals surface area (Å²) >= 11 is 0. The number of hydrogen-bond acceptors (Lipinski definition) is 2. The van der Waals surface area contributed by atoms with Crippen LogP contribution in [0.4, 0.5) is 0 Å². The van der Waals surface area contributed by atoms with Crippen LogP contribution < -0.4 is 5.73 Å². The highest BCUT2D eigenvalue weighted by Crippen LogP contribution is 2.41. The maximum atomic E-state index is 10.1. The molecular formula is C9H19NO. The molecule has 1 aliphatic rings. The molecule has 2 heteroatoms.